The summed E-state index contributed by atoms with van der Waals surface area (Å²) in [7, 11) is 0. The normalized spacial score (nSPS) is 12.2. The van der Waals surface area contributed by atoms with E-state index in [0.717, 1.165) is 88.6 Å². The lowest BCUT2D eigenvalue weighted by molar-refractivity contribution is 0.487. The largest absolute Gasteiger partial charge is 0.456 e. The fraction of sp³-hybridized carbons (Fsp3) is 0. The molecule has 0 unspecified atom stereocenters. The Morgan fingerprint density at radius 2 is 1.02 bits per heavy atom. The molecule has 1 aliphatic heterocycles. The van der Waals surface area contributed by atoms with E-state index >= 15 is 0 Å². The molecule has 274 valence electrons. The van der Waals surface area contributed by atoms with Crippen molar-refractivity contribution in [3.63, 3.8) is 0 Å². The highest BCUT2D eigenvalue weighted by Gasteiger charge is 2.25. The van der Waals surface area contributed by atoms with Crippen LogP contribution < -0.4 is 4.74 Å². The molecule has 0 amide bonds. The topological polar surface area (TPSA) is 44.9 Å². The molecule has 3 aromatic heterocycles. The van der Waals surface area contributed by atoms with E-state index in [0.29, 0.717) is 5.95 Å². The predicted molar refractivity (Wildman–Crippen MR) is 242 cm³/mol. The molecule has 0 fully saturated rings. The van der Waals surface area contributed by atoms with Gasteiger partial charge in [-0.25, -0.2) is 9.97 Å². The van der Waals surface area contributed by atoms with Crippen LogP contribution in [0.15, 0.2) is 194 Å². The molecule has 0 spiro atoms. The van der Waals surface area contributed by atoms with E-state index in [-0.39, 0.29) is 0 Å². The molecular weight excluding hydrogens is 721 g/mol. The van der Waals surface area contributed by atoms with E-state index in [1.54, 1.807) is 0 Å². The van der Waals surface area contributed by atoms with Gasteiger partial charge in [-0.15, -0.1) is 0 Å². The van der Waals surface area contributed by atoms with Crippen molar-refractivity contribution in [2.24, 2.45) is 0 Å². The first kappa shape index (κ1) is 32.1. The molecule has 13 rings (SSSR count). The number of hydrogen-bond acceptors (Lipinski definition) is 3. The third kappa shape index (κ3) is 4.73. The van der Waals surface area contributed by atoms with Gasteiger partial charge in [0.1, 0.15) is 11.5 Å². The molecule has 1 aliphatic rings. The molecule has 0 atom stereocenters. The number of rotatable bonds is 4. The summed E-state index contributed by atoms with van der Waals surface area (Å²) in [5, 5.41) is 8.00. The van der Waals surface area contributed by atoms with Crippen LogP contribution in [0.1, 0.15) is 0 Å². The van der Waals surface area contributed by atoms with Crippen molar-refractivity contribution in [3.05, 3.63) is 194 Å². The second kappa shape index (κ2) is 12.2. The molecule has 0 saturated heterocycles. The fourth-order valence-corrected chi connectivity index (χ4v) is 9.46. The van der Waals surface area contributed by atoms with Gasteiger partial charge in [0.05, 0.1) is 33.3 Å². The van der Waals surface area contributed by atoms with Gasteiger partial charge in [-0.1, -0.05) is 127 Å². The Balaban J connectivity index is 1.08. The summed E-state index contributed by atoms with van der Waals surface area (Å²) in [5.74, 6) is 2.30. The van der Waals surface area contributed by atoms with Gasteiger partial charge in [-0.3, -0.25) is 4.57 Å². The van der Waals surface area contributed by atoms with Gasteiger partial charge in [0, 0.05) is 55.2 Å². The van der Waals surface area contributed by atoms with Crippen LogP contribution >= 0.6 is 0 Å². The Kier molecular flexibility index (Phi) is 6.66. The minimum Gasteiger partial charge on any atom is -0.456 e. The average molecular weight is 753 g/mol. The predicted octanol–water partition coefficient (Wildman–Crippen LogP) is 14.1. The first-order valence-corrected chi connectivity index (χ1v) is 20.0. The second-order valence-electron chi connectivity index (χ2n) is 15.4. The van der Waals surface area contributed by atoms with E-state index in [2.05, 4.69) is 191 Å². The molecule has 0 radical (unpaired) electrons. The van der Waals surface area contributed by atoms with Gasteiger partial charge in [-0.2, -0.15) is 0 Å². The molecule has 59 heavy (non-hydrogen) atoms. The van der Waals surface area contributed by atoms with Crippen LogP contribution in [0, 0.1) is 0 Å². The summed E-state index contributed by atoms with van der Waals surface area (Å²) < 4.78 is 11.3. The van der Waals surface area contributed by atoms with Crippen molar-refractivity contribution < 1.29 is 4.74 Å². The SMILES string of the molecule is c1ccc(-c2nc(-n3c4ccc(-c5ccc6c(c5)c5ccccc5n6-c5ccccc5)cc4c4cc5c(cc43)Oc3cccc4cccc-5c34)nc3ccccc23)cc1. The molecule has 0 bridgehead atoms. The molecule has 0 aliphatic carbocycles. The zero-order chi connectivity index (χ0) is 38.6. The van der Waals surface area contributed by atoms with E-state index in [1.807, 2.05) is 12.1 Å². The summed E-state index contributed by atoms with van der Waals surface area (Å²) in [6, 6.07) is 69.0. The highest BCUT2D eigenvalue weighted by molar-refractivity contribution is 6.15. The lowest BCUT2D eigenvalue weighted by Crippen LogP contribution is -2.04. The maximum atomic E-state index is 6.75. The number of aromatic nitrogens is 4. The maximum absolute atomic E-state index is 6.75. The van der Waals surface area contributed by atoms with Crippen LogP contribution in [0.2, 0.25) is 0 Å². The standard InChI is InChI=1S/C54H32N4O/c1-3-13-34(14-4-1)53-40-20-7-9-22-45(40)55-54(56-53)58-48-28-26-36(35-25-27-47-41(29-35)38-19-8-10-23-46(38)57(47)37-17-5-2-6-18-37)30-42(48)43-31-44-39-21-11-15-33-16-12-24-50(52(33)39)59-51(44)32-49(43)58/h1-32H. The van der Waals surface area contributed by atoms with Crippen molar-refractivity contribution in [2.45, 2.75) is 0 Å². The minimum absolute atomic E-state index is 0.615. The summed E-state index contributed by atoms with van der Waals surface area (Å²) in [6.45, 7) is 0. The zero-order valence-corrected chi connectivity index (χ0v) is 31.7. The van der Waals surface area contributed by atoms with Crippen LogP contribution in [0.3, 0.4) is 0 Å². The molecule has 4 heterocycles. The number of para-hydroxylation sites is 3. The molecule has 0 N–H and O–H groups in total. The first-order valence-electron chi connectivity index (χ1n) is 20.0. The Morgan fingerprint density at radius 3 is 1.83 bits per heavy atom. The van der Waals surface area contributed by atoms with Gasteiger partial charge in [0.25, 0.3) is 0 Å². The Morgan fingerprint density at radius 1 is 0.373 bits per heavy atom. The lowest BCUT2D eigenvalue weighted by atomic mass is 9.93. The summed E-state index contributed by atoms with van der Waals surface area (Å²) in [4.78, 5) is 10.6. The smallest absolute Gasteiger partial charge is 0.235 e. The van der Waals surface area contributed by atoms with Crippen LogP contribution in [0.4, 0.5) is 0 Å². The number of hydrogen-bond donors (Lipinski definition) is 0. The molecule has 9 aromatic carbocycles. The summed E-state index contributed by atoms with van der Waals surface area (Å²) in [5.41, 5.74) is 12.9. The van der Waals surface area contributed by atoms with E-state index in [4.69, 9.17) is 14.7 Å². The summed E-state index contributed by atoms with van der Waals surface area (Å²) in [6.07, 6.45) is 0. The average Bonchev–Trinajstić information content (AvgIpc) is 3.80. The van der Waals surface area contributed by atoms with Crippen molar-refractivity contribution >= 4 is 65.3 Å². The monoisotopic (exact) mass is 752 g/mol. The number of nitrogens with zero attached hydrogens (tertiary/aromatic N) is 4. The van der Waals surface area contributed by atoms with Crippen LogP contribution in [-0.4, -0.2) is 19.1 Å². The molecule has 5 nitrogen and oxygen atoms in total. The van der Waals surface area contributed by atoms with Crippen molar-refractivity contribution in [1.82, 2.24) is 19.1 Å². The third-order valence-electron chi connectivity index (χ3n) is 12.1. The number of ether oxygens (including phenoxy) is 1. The van der Waals surface area contributed by atoms with E-state index in [1.165, 1.54) is 27.4 Å². The highest BCUT2D eigenvalue weighted by atomic mass is 16.5. The Bertz CT molecular complexity index is 3690. The van der Waals surface area contributed by atoms with Crippen LogP contribution in [0.5, 0.6) is 11.5 Å². The van der Waals surface area contributed by atoms with Crippen molar-refractivity contribution in [2.75, 3.05) is 0 Å². The van der Waals surface area contributed by atoms with Gasteiger partial charge in [-0.05, 0) is 82.7 Å². The van der Waals surface area contributed by atoms with Crippen molar-refractivity contribution in [3.8, 4) is 56.6 Å². The molecule has 5 heteroatoms. The Hall–Kier alpha value is -8.02. The summed E-state index contributed by atoms with van der Waals surface area (Å²) >= 11 is 0. The van der Waals surface area contributed by atoms with E-state index in [9.17, 15) is 0 Å². The second-order valence-corrected chi connectivity index (χ2v) is 15.4. The maximum Gasteiger partial charge on any atom is 0.235 e. The van der Waals surface area contributed by atoms with Crippen LogP contribution in [-0.2, 0) is 0 Å². The van der Waals surface area contributed by atoms with Crippen molar-refractivity contribution in [1.29, 1.82) is 0 Å². The van der Waals surface area contributed by atoms with Gasteiger partial charge in [0.2, 0.25) is 5.95 Å². The zero-order valence-electron chi connectivity index (χ0n) is 31.7. The number of benzene rings is 9. The highest BCUT2D eigenvalue weighted by Crippen LogP contribution is 2.49. The number of fused-ring (bicyclic) bond motifs is 9. The van der Waals surface area contributed by atoms with E-state index < -0.39 is 0 Å². The Labute approximate surface area is 338 Å². The quantitative estimate of drug-likeness (QED) is 0.180. The minimum atomic E-state index is 0.615. The van der Waals surface area contributed by atoms with Gasteiger partial charge < -0.3 is 9.30 Å². The molecule has 12 aromatic rings. The lowest BCUT2D eigenvalue weighted by Gasteiger charge is -2.21. The first-order chi connectivity index (χ1) is 29.2. The molecular formula is C54H32N4O. The third-order valence-corrected chi connectivity index (χ3v) is 12.1. The molecule has 0 saturated carbocycles. The van der Waals surface area contributed by atoms with Gasteiger partial charge >= 0.3 is 0 Å². The van der Waals surface area contributed by atoms with Gasteiger partial charge in [0.15, 0.2) is 0 Å². The fourth-order valence-electron chi connectivity index (χ4n) is 9.46. The van der Waals surface area contributed by atoms with Crippen LogP contribution in [0.25, 0.3) is 110 Å².